The molecule has 1 aromatic carbocycles. The standard InChI is InChI=1S/C20H32N2O2S/c1-15-7-8-16(2)18(14-15)25(24)21-12-9-17(10-13-21)22-11-5-6-19(22)20(3,4)23/h7-8,14,17,19,23H,5-6,9-13H2,1-4H3. The van der Waals surface area contributed by atoms with Crippen LogP contribution in [0.3, 0.4) is 0 Å². The van der Waals surface area contributed by atoms with Crippen molar-refractivity contribution in [3.63, 3.8) is 0 Å². The van der Waals surface area contributed by atoms with Crippen molar-refractivity contribution in [2.45, 2.75) is 76.0 Å². The highest BCUT2D eigenvalue weighted by molar-refractivity contribution is 7.82. The minimum Gasteiger partial charge on any atom is -0.389 e. The number of benzene rings is 1. The van der Waals surface area contributed by atoms with E-state index in [9.17, 15) is 9.32 Å². The van der Waals surface area contributed by atoms with Crippen molar-refractivity contribution in [2.75, 3.05) is 19.6 Å². The largest absolute Gasteiger partial charge is 0.389 e. The number of likely N-dealkylation sites (tertiary alicyclic amines) is 1. The van der Waals surface area contributed by atoms with E-state index in [2.05, 4.69) is 34.3 Å². The average molecular weight is 365 g/mol. The van der Waals surface area contributed by atoms with E-state index in [1.54, 1.807) is 0 Å². The predicted octanol–water partition coefficient (Wildman–Crippen LogP) is 3.03. The van der Waals surface area contributed by atoms with Gasteiger partial charge in [-0.25, -0.2) is 8.51 Å². The molecule has 2 heterocycles. The Bertz CT molecular complexity index is 633. The molecular formula is C20H32N2O2S. The average Bonchev–Trinajstić information content (AvgIpc) is 3.07. The molecule has 25 heavy (non-hydrogen) atoms. The van der Waals surface area contributed by atoms with Gasteiger partial charge in [-0.05, 0) is 77.1 Å². The molecule has 2 fully saturated rings. The lowest BCUT2D eigenvalue weighted by molar-refractivity contribution is -0.0238. The number of nitrogens with zero attached hydrogens (tertiary/aromatic N) is 2. The van der Waals surface area contributed by atoms with Crippen molar-refractivity contribution in [1.82, 2.24) is 9.21 Å². The van der Waals surface area contributed by atoms with Gasteiger partial charge in [-0.1, -0.05) is 12.1 Å². The first-order valence-electron chi connectivity index (χ1n) is 9.49. The molecule has 2 atom stereocenters. The lowest BCUT2D eigenvalue weighted by Gasteiger charge is -2.42. The molecule has 2 aliphatic heterocycles. The van der Waals surface area contributed by atoms with E-state index < -0.39 is 16.6 Å². The second-order valence-corrected chi connectivity index (χ2v) is 9.68. The Labute approximate surface area is 154 Å². The first-order valence-corrected chi connectivity index (χ1v) is 10.6. The molecule has 0 spiro atoms. The second-order valence-electron chi connectivity index (χ2n) is 8.23. The Kier molecular flexibility index (Phi) is 5.69. The summed E-state index contributed by atoms with van der Waals surface area (Å²) in [5, 5.41) is 10.5. The van der Waals surface area contributed by atoms with Crippen LogP contribution in [0.15, 0.2) is 23.1 Å². The van der Waals surface area contributed by atoms with Crippen LogP contribution in [0, 0.1) is 13.8 Å². The van der Waals surface area contributed by atoms with Gasteiger partial charge >= 0.3 is 0 Å². The van der Waals surface area contributed by atoms with Gasteiger partial charge in [0.1, 0.15) is 11.0 Å². The summed E-state index contributed by atoms with van der Waals surface area (Å²) in [6.45, 7) is 10.8. The van der Waals surface area contributed by atoms with Gasteiger partial charge in [0.15, 0.2) is 0 Å². The maximum Gasteiger partial charge on any atom is 0.127 e. The van der Waals surface area contributed by atoms with E-state index >= 15 is 0 Å². The Balaban J connectivity index is 1.64. The van der Waals surface area contributed by atoms with Crippen molar-refractivity contribution in [3.8, 4) is 0 Å². The number of aryl methyl sites for hydroxylation is 2. The molecule has 1 N–H and O–H groups in total. The van der Waals surface area contributed by atoms with Gasteiger partial charge in [-0.3, -0.25) is 4.90 Å². The summed E-state index contributed by atoms with van der Waals surface area (Å²) in [6, 6.07) is 6.96. The monoisotopic (exact) mass is 364 g/mol. The van der Waals surface area contributed by atoms with Crippen LogP contribution in [0.5, 0.6) is 0 Å². The SMILES string of the molecule is Cc1ccc(C)c(S(=O)N2CCC(N3CCCC3C(C)(C)O)CC2)c1. The van der Waals surface area contributed by atoms with E-state index in [0.717, 1.165) is 54.9 Å². The molecular weight excluding hydrogens is 332 g/mol. The summed E-state index contributed by atoms with van der Waals surface area (Å²) in [7, 11) is -1.07. The third-order valence-corrected chi connectivity index (χ3v) is 7.42. The maximum absolute atomic E-state index is 13.0. The minimum atomic E-state index is -1.07. The fraction of sp³-hybridized carbons (Fsp3) is 0.700. The Morgan fingerprint density at radius 3 is 2.44 bits per heavy atom. The van der Waals surface area contributed by atoms with Gasteiger partial charge in [-0.2, -0.15) is 0 Å². The van der Waals surface area contributed by atoms with Crippen molar-refractivity contribution in [1.29, 1.82) is 0 Å². The van der Waals surface area contributed by atoms with Gasteiger partial charge in [-0.15, -0.1) is 0 Å². The zero-order valence-electron chi connectivity index (χ0n) is 16.0. The number of aliphatic hydroxyl groups is 1. The molecule has 0 aliphatic carbocycles. The molecule has 0 bridgehead atoms. The fourth-order valence-corrected chi connectivity index (χ4v) is 5.81. The van der Waals surface area contributed by atoms with Gasteiger partial charge in [0.25, 0.3) is 0 Å². The van der Waals surface area contributed by atoms with Gasteiger partial charge in [0.05, 0.1) is 10.5 Å². The van der Waals surface area contributed by atoms with Crippen molar-refractivity contribution in [2.24, 2.45) is 0 Å². The molecule has 0 radical (unpaired) electrons. The summed E-state index contributed by atoms with van der Waals surface area (Å²) in [6.07, 6.45) is 4.31. The van der Waals surface area contributed by atoms with Crippen LogP contribution in [0.25, 0.3) is 0 Å². The third kappa shape index (κ3) is 4.16. The number of rotatable bonds is 4. The highest BCUT2D eigenvalue weighted by Crippen LogP contribution is 2.32. The van der Waals surface area contributed by atoms with E-state index in [1.165, 1.54) is 6.42 Å². The zero-order chi connectivity index (χ0) is 18.2. The second kappa shape index (κ2) is 7.47. The van der Waals surface area contributed by atoms with Crippen LogP contribution in [0.1, 0.15) is 50.7 Å². The third-order valence-electron chi connectivity index (χ3n) is 5.77. The quantitative estimate of drug-likeness (QED) is 0.893. The summed E-state index contributed by atoms with van der Waals surface area (Å²) in [5.74, 6) is 0. The van der Waals surface area contributed by atoms with Gasteiger partial charge < -0.3 is 5.11 Å². The van der Waals surface area contributed by atoms with Crippen LogP contribution in [-0.2, 0) is 11.0 Å². The van der Waals surface area contributed by atoms with Crippen LogP contribution < -0.4 is 0 Å². The molecule has 2 aliphatic rings. The number of piperidine rings is 1. The lowest BCUT2D eigenvalue weighted by atomic mass is 9.94. The van der Waals surface area contributed by atoms with Crippen LogP contribution in [-0.4, -0.2) is 55.8 Å². The van der Waals surface area contributed by atoms with Crippen molar-refractivity contribution in [3.05, 3.63) is 29.3 Å². The predicted molar refractivity (Wildman–Crippen MR) is 103 cm³/mol. The number of hydrogen-bond donors (Lipinski definition) is 1. The highest BCUT2D eigenvalue weighted by Gasteiger charge is 2.40. The highest BCUT2D eigenvalue weighted by atomic mass is 32.2. The zero-order valence-corrected chi connectivity index (χ0v) is 16.8. The topological polar surface area (TPSA) is 43.8 Å². The normalized spacial score (nSPS) is 25.4. The van der Waals surface area contributed by atoms with Crippen LogP contribution in [0.2, 0.25) is 0 Å². The van der Waals surface area contributed by atoms with E-state index in [-0.39, 0.29) is 6.04 Å². The first-order chi connectivity index (χ1) is 11.8. The molecule has 140 valence electrons. The van der Waals surface area contributed by atoms with E-state index in [0.29, 0.717) is 6.04 Å². The molecule has 3 rings (SSSR count). The van der Waals surface area contributed by atoms with Crippen molar-refractivity contribution < 1.29 is 9.32 Å². The molecule has 1 aromatic rings. The van der Waals surface area contributed by atoms with Crippen molar-refractivity contribution >= 4 is 11.0 Å². The molecule has 0 saturated carbocycles. The lowest BCUT2D eigenvalue weighted by Crippen LogP contribution is -2.53. The first kappa shape index (κ1) is 19.0. The minimum absolute atomic E-state index is 0.258. The maximum atomic E-state index is 13.0. The summed E-state index contributed by atoms with van der Waals surface area (Å²) in [4.78, 5) is 3.46. The van der Waals surface area contributed by atoms with E-state index in [1.807, 2.05) is 20.8 Å². The number of hydrogen-bond acceptors (Lipinski definition) is 3. The Morgan fingerprint density at radius 2 is 1.80 bits per heavy atom. The van der Waals surface area contributed by atoms with Gasteiger partial charge in [0, 0.05) is 25.2 Å². The van der Waals surface area contributed by atoms with Crippen LogP contribution >= 0.6 is 0 Å². The van der Waals surface area contributed by atoms with E-state index in [4.69, 9.17) is 0 Å². The summed E-state index contributed by atoms with van der Waals surface area (Å²) in [5.41, 5.74) is 1.62. The molecule has 2 unspecified atom stereocenters. The molecule has 2 saturated heterocycles. The summed E-state index contributed by atoms with van der Waals surface area (Å²) >= 11 is 0. The van der Waals surface area contributed by atoms with Crippen LogP contribution in [0.4, 0.5) is 0 Å². The summed E-state index contributed by atoms with van der Waals surface area (Å²) < 4.78 is 15.1. The Hall–Kier alpha value is -0.750. The van der Waals surface area contributed by atoms with Gasteiger partial charge in [0.2, 0.25) is 0 Å². The molecule has 4 nitrogen and oxygen atoms in total. The fourth-order valence-electron chi connectivity index (χ4n) is 4.36. The molecule has 0 aromatic heterocycles. The molecule has 0 amide bonds. The Morgan fingerprint density at radius 1 is 1.12 bits per heavy atom. The smallest absolute Gasteiger partial charge is 0.127 e. The molecule has 5 heteroatoms.